The molecular weight excluding hydrogens is 324 g/mol. The summed E-state index contributed by atoms with van der Waals surface area (Å²) in [6, 6.07) is 12.1. The van der Waals surface area contributed by atoms with Crippen molar-refractivity contribution in [3.63, 3.8) is 0 Å². The largest absolute Gasteiger partial charge is 0.497 e. The Kier molecular flexibility index (Phi) is 4.38. The summed E-state index contributed by atoms with van der Waals surface area (Å²) in [5.41, 5.74) is 1.88. The Morgan fingerprint density at radius 1 is 1.04 bits per heavy atom. The maximum absolute atomic E-state index is 12.0. The first-order valence-electron chi connectivity index (χ1n) is 7.48. The lowest BCUT2D eigenvalue weighted by atomic mass is 10.2. The average Bonchev–Trinajstić information content (AvgIpc) is 2.99. The van der Waals surface area contributed by atoms with Gasteiger partial charge in [0, 0.05) is 12.5 Å². The van der Waals surface area contributed by atoms with E-state index in [1.807, 2.05) is 0 Å². The lowest BCUT2D eigenvalue weighted by molar-refractivity contribution is -0.140. The topological polar surface area (TPSA) is 79.7 Å². The Balaban J connectivity index is 2.25. The van der Waals surface area contributed by atoms with Gasteiger partial charge < -0.3 is 14.3 Å². The van der Waals surface area contributed by atoms with Gasteiger partial charge in [-0.2, -0.15) is 4.73 Å². The molecule has 0 unspecified atom stereocenters. The summed E-state index contributed by atoms with van der Waals surface area (Å²) in [5, 5.41) is 0. The minimum absolute atomic E-state index is 0.292. The van der Waals surface area contributed by atoms with Crippen molar-refractivity contribution in [3.8, 4) is 17.1 Å². The number of ether oxygens (including phenoxy) is 2. The van der Waals surface area contributed by atoms with Crippen molar-refractivity contribution in [1.82, 2.24) is 9.71 Å². The third-order valence-electron chi connectivity index (χ3n) is 3.62. The molecule has 0 aliphatic rings. The molecule has 0 bridgehead atoms. The third kappa shape index (κ3) is 3.03. The predicted octanol–water partition coefficient (Wildman–Crippen LogP) is 2.47. The fourth-order valence-corrected chi connectivity index (χ4v) is 2.50. The molecule has 0 atom stereocenters. The Labute approximate surface area is 143 Å². The zero-order valence-electron chi connectivity index (χ0n) is 14.0. The van der Waals surface area contributed by atoms with Gasteiger partial charge in [0.05, 0.1) is 19.8 Å². The second-order valence-corrected chi connectivity index (χ2v) is 5.21. The van der Waals surface area contributed by atoms with Crippen LogP contribution in [0.2, 0.25) is 0 Å². The van der Waals surface area contributed by atoms with E-state index in [-0.39, 0.29) is 0 Å². The van der Waals surface area contributed by atoms with Gasteiger partial charge in [-0.1, -0.05) is 6.07 Å². The van der Waals surface area contributed by atoms with Crippen LogP contribution in [0.5, 0.6) is 5.75 Å². The molecule has 7 heteroatoms. The molecule has 0 aliphatic carbocycles. The molecule has 25 heavy (non-hydrogen) atoms. The number of aromatic nitrogens is 2. The number of imidazole rings is 1. The van der Waals surface area contributed by atoms with Crippen molar-refractivity contribution in [3.05, 3.63) is 48.0 Å². The minimum Gasteiger partial charge on any atom is -0.497 e. The van der Waals surface area contributed by atoms with Crippen LogP contribution in [-0.2, 0) is 9.53 Å². The van der Waals surface area contributed by atoms with Crippen LogP contribution in [0, 0.1) is 0 Å². The Morgan fingerprint density at radius 3 is 2.36 bits per heavy atom. The normalized spacial score (nSPS) is 10.5. The molecule has 128 valence electrons. The van der Waals surface area contributed by atoms with Gasteiger partial charge in [-0.3, -0.25) is 0 Å². The van der Waals surface area contributed by atoms with Crippen molar-refractivity contribution < 1.29 is 23.9 Å². The summed E-state index contributed by atoms with van der Waals surface area (Å²) in [7, 11) is 2.88. The predicted molar refractivity (Wildman–Crippen MR) is 90.3 cm³/mol. The van der Waals surface area contributed by atoms with E-state index < -0.39 is 11.9 Å². The molecule has 0 amide bonds. The molecule has 0 aliphatic heterocycles. The second kappa shape index (κ2) is 6.64. The lowest BCUT2D eigenvalue weighted by Gasteiger charge is -2.08. The lowest BCUT2D eigenvalue weighted by Crippen LogP contribution is -2.17. The van der Waals surface area contributed by atoms with Gasteiger partial charge >= 0.3 is 11.9 Å². The number of para-hydroxylation sites is 1. The molecule has 7 nitrogen and oxygen atoms in total. The van der Waals surface area contributed by atoms with Gasteiger partial charge in [0.2, 0.25) is 0 Å². The highest BCUT2D eigenvalue weighted by Gasteiger charge is 2.20. The quantitative estimate of drug-likeness (QED) is 0.679. The molecule has 0 radical (unpaired) electrons. The number of methoxy groups -OCH3 is 2. The summed E-state index contributed by atoms with van der Waals surface area (Å²) in [6.45, 7) is 1.30. The standard InChI is InChI=1S/C18H16N2O5/c1-11(21)25-20-15-6-4-5-14(18(22)24-3)16(15)19-17(20)12-7-9-13(23-2)10-8-12/h4-10H,1-3H3. The van der Waals surface area contributed by atoms with Gasteiger partial charge in [0.15, 0.2) is 5.82 Å². The molecule has 0 N–H and O–H groups in total. The van der Waals surface area contributed by atoms with E-state index in [9.17, 15) is 9.59 Å². The maximum atomic E-state index is 12.0. The Hall–Kier alpha value is -3.35. The summed E-state index contributed by atoms with van der Waals surface area (Å²) in [6.07, 6.45) is 0. The Bertz CT molecular complexity index is 944. The fraction of sp³-hybridized carbons (Fsp3) is 0.167. The van der Waals surface area contributed by atoms with Crippen LogP contribution in [0.15, 0.2) is 42.5 Å². The van der Waals surface area contributed by atoms with E-state index in [4.69, 9.17) is 14.3 Å². The van der Waals surface area contributed by atoms with Gasteiger partial charge in [-0.25, -0.2) is 14.6 Å². The van der Waals surface area contributed by atoms with E-state index in [2.05, 4.69) is 4.98 Å². The smallest absolute Gasteiger partial charge is 0.340 e. The van der Waals surface area contributed by atoms with Crippen molar-refractivity contribution in [2.45, 2.75) is 6.92 Å². The molecule has 0 saturated carbocycles. The van der Waals surface area contributed by atoms with Crippen LogP contribution in [-0.4, -0.2) is 35.9 Å². The SMILES string of the molecule is COC(=O)c1cccc2c1nc(-c1ccc(OC)cc1)n2OC(C)=O. The van der Waals surface area contributed by atoms with Crippen LogP contribution in [0.1, 0.15) is 17.3 Å². The number of hydrogen-bond donors (Lipinski definition) is 0. The molecule has 3 aromatic rings. The number of nitrogens with zero attached hydrogens (tertiary/aromatic N) is 2. The van der Waals surface area contributed by atoms with E-state index in [1.54, 1.807) is 49.6 Å². The average molecular weight is 340 g/mol. The molecule has 3 rings (SSSR count). The molecule has 1 aromatic heterocycles. The molecule has 0 spiro atoms. The van der Waals surface area contributed by atoms with Crippen LogP contribution >= 0.6 is 0 Å². The zero-order chi connectivity index (χ0) is 18.0. The monoisotopic (exact) mass is 340 g/mol. The minimum atomic E-state index is -0.514. The number of rotatable bonds is 4. The molecule has 1 heterocycles. The number of esters is 1. The zero-order valence-corrected chi connectivity index (χ0v) is 14.0. The number of carbonyl (C=O) groups excluding carboxylic acids is 2. The Morgan fingerprint density at radius 2 is 1.76 bits per heavy atom. The first-order valence-corrected chi connectivity index (χ1v) is 7.48. The highest BCUT2D eigenvalue weighted by Crippen LogP contribution is 2.27. The number of hydrogen-bond acceptors (Lipinski definition) is 6. The van der Waals surface area contributed by atoms with Crippen molar-refractivity contribution in [1.29, 1.82) is 0 Å². The maximum Gasteiger partial charge on any atom is 0.340 e. The number of carbonyl (C=O) groups is 2. The van der Waals surface area contributed by atoms with Gasteiger partial charge in [0.1, 0.15) is 16.8 Å². The highest BCUT2D eigenvalue weighted by atomic mass is 16.7. The summed E-state index contributed by atoms with van der Waals surface area (Å²) in [4.78, 5) is 33.3. The van der Waals surface area contributed by atoms with Crippen LogP contribution in [0.25, 0.3) is 22.4 Å². The van der Waals surface area contributed by atoms with E-state index >= 15 is 0 Å². The highest BCUT2D eigenvalue weighted by molar-refractivity contribution is 6.02. The number of fused-ring (bicyclic) bond motifs is 1. The van der Waals surface area contributed by atoms with Crippen LogP contribution in [0.3, 0.4) is 0 Å². The second-order valence-electron chi connectivity index (χ2n) is 5.21. The summed E-state index contributed by atoms with van der Waals surface area (Å²) >= 11 is 0. The number of benzene rings is 2. The van der Waals surface area contributed by atoms with Gasteiger partial charge in [0.25, 0.3) is 0 Å². The van der Waals surface area contributed by atoms with Gasteiger partial charge in [-0.15, -0.1) is 0 Å². The van der Waals surface area contributed by atoms with Crippen molar-refractivity contribution in [2.75, 3.05) is 14.2 Å². The first kappa shape index (κ1) is 16.5. The van der Waals surface area contributed by atoms with Crippen molar-refractivity contribution in [2.24, 2.45) is 0 Å². The fourth-order valence-electron chi connectivity index (χ4n) is 2.50. The molecule has 0 fully saturated rings. The van der Waals surface area contributed by atoms with Gasteiger partial charge in [-0.05, 0) is 36.4 Å². The first-order chi connectivity index (χ1) is 12.0. The van der Waals surface area contributed by atoms with Crippen molar-refractivity contribution >= 4 is 23.0 Å². The van der Waals surface area contributed by atoms with E-state index in [1.165, 1.54) is 18.8 Å². The van der Waals surface area contributed by atoms with E-state index in [0.717, 1.165) is 0 Å². The summed E-state index contributed by atoms with van der Waals surface area (Å²) in [5.74, 6) is 0.0650. The third-order valence-corrected chi connectivity index (χ3v) is 3.62. The van der Waals surface area contributed by atoms with E-state index in [0.29, 0.717) is 33.7 Å². The van der Waals surface area contributed by atoms with Crippen LogP contribution < -0.4 is 9.57 Å². The summed E-state index contributed by atoms with van der Waals surface area (Å²) < 4.78 is 11.3. The molecule has 0 saturated heterocycles. The molecule has 2 aromatic carbocycles. The van der Waals surface area contributed by atoms with Crippen LogP contribution in [0.4, 0.5) is 0 Å². The molecular formula is C18H16N2O5.